The van der Waals surface area contributed by atoms with Crippen LogP contribution in [0.1, 0.15) is 37.3 Å². The number of carbonyl (C=O) groups is 1. The fourth-order valence-electron chi connectivity index (χ4n) is 4.59. The number of rotatable bonds is 4. The van der Waals surface area contributed by atoms with Crippen LogP contribution in [0.5, 0.6) is 0 Å². The fraction of sp³-hybridized carbons (Fsp3) is 0.409. The van der Waals surface area contributed by atoms with E-state index in [9.17, 15) is 14.5 Å². The fourth-order valence-corrected chi connectivity index (χ4v) is 6.33. The number of fused-ring (bicyclic) bond motifs is 1. The topological polar surface area (TPSA) is 66.8 Å². The quantitative estimate of drug-likeness (QED) is 0.659. The average molecular weight is 467 g/mol. The van der Waals surface area contributed by atoms with Crippen molar-refractivity contribution in [2.45, 2.75) is 49.6 Å². The second kappa shape index (κ2) is 8.60. The second-order valence-electron chi connectivity index (χ2n) is 8.10. The number of carboxylic acids is 1. The number of benzene rings is 2. The molecular formula is C22H24Cl2N2O3S. The van der Waals surface area contributed by atoms with Crippen LogP contribution in [-0.2, 0) is 22.6 Å². The molecule has 30 heavy (non-hydrogen) atoms. The number of nitrogens with zero attached hydrogens (tertiary/aromatic N) is 2. The molecule has 1 saturated heterocycles. The molecule has 8 heteroatoms. The highest BCUT2D eigenvalue weighted by Gasteiger charge is 2.39. The number of aryl methyl sites for hydroxylation is 1. The minimum Gasteiger partial charge on any atom is -0.593 e. The predicted molar refractivity (Wildman–Crippen MR) is 121 cm³/mol. The molecule has 1 aliphatic heterocycles. The van der Waals surface area contributed by atoms with Gasteiger partial charge in [0.25, 0.3) is 0 Å². The standard InChI is InChI=1S/C22H24Cl2N2O3S/c1-13-11-25(16-5-8-20(23)21(24)9-16)12-14(2)26(13)30(29)17-6-3-15-4-7-18(22(27)28)19(15)10-17/h3,5-6,8-10,13-14,18H,4,7,11-12H2,1-2H3,(H,27,28). The molecule has 4 rings (SSSR count). The van der Waals surface area contributed by atoms with Crippen LogP contribution in [0.2, 0.25) is 10.0 Å². The van der Waals surface area contributed by atoms with E-state index < -0.39 is 23.2 Å². The van der Waals surface area contributed by atoms with Crippen molar-refractivity contribution in [2.24, 2.45) is 0 Å². The van der Waals surface area contributed by atoms with Gasteiger partial charge in [-0.15, -0.1) is 4.31 Å². The first-order valence-corrected chi connectivity index (χ1v) is 11.9. The Balaban J connectivity index is 1.54. The van der Waals surface area contributed by atoms with Crippen molar-refractivity contribution in [3.8, 4) is 0 Å². The van der Waals surface area contributed by atoms with E-state index >= 15 is 0 Å². The Morgan fingerprint density at radius 3 is 2.43 bits per heavy atom. The summed E-state index contributed by atoms with van der Waals surface area (Å²) in [6.07, 6.45) is 1.37. The van der Waals surface area contributed by atoms with Gasteiger partial charge >= 0.3 is 5.97 Å². The third kappa shape index (κ3) is 4.04. The molecule has 5 nitrogen and oxygen atoms in total. The number of piperazine rings is 1. The third-order valence-electron chi connectivity index (χ3n) is 5.99. The zero-order chi connectivity index (χ0) is 21.6. The highest BCUT2D eigenvalue weighted by atomic mass is 35.5. The molecule has 4 unspecified atom stereocenters. The summed E-state index contributed by atoms with van der Waals surface area (Å²) >= 11 is 10.9. The Morgan fingerprint density at radius 1 is 1.10 bits per heavy atom. The SMILES string of the molecule is CC1CN(c2ccc(Cl)c(Cl)c2)CC(C)N1[S+]([O-])c1ccc2c(c1)C(C(=O)O)CC2. The average Bonchev–Trinajstić information content (AvgIpc) is 3.13. The van der Waals surface area contributed by atoms with Gasteiger partial charge in [0, 0.05) is 18.8 Å². The van der Waals surface area contributed by atoms with Crippen molar-refractivity contribution in [3.05, 3.63) is 57.6 Å². The largest absolute Gasteiger partial charge is 0.593 e. The molecule has 2 aliphatic rings. The Kier molecular flexibility index (Phi) is 6.24. The van der Waals surface area contributed by atoms with Crippen LogP contribution in [0.15, 0.2) is 41.3 Å². The monoisotopic (exact) mass is 466 g/mol. The minimum atomic E-state index is -1.36. The van der Waals surface area contributed by atoms with Gasteiger partial charge in [-0.2, -0.15) is 0 Å². The van der Waals surface area contributed by atoms with E-state index in [-0.39, 0.29) is 12.1 Å². The van der Waals surface area contributed by atoms with Crippen molar-refractivity contribution in [1.82, 2.24) is 4.31 Å². The molecule has 0 bridgehead atoms. The molecule has 4 atom stereocenters. The van der Waals surface area contributed by atoms with E-state index in [1.54, 1.807) is 6.07 Å². The molecule has 160 valence electrons. The molecule has 0 spiro atoms. The maximum atomic E-state index is 13.5. The maximum Gasteiger partial charge on any atom is 0.310 e. The summed E-state index contributed by atoms with van der Waals surface area (Å²) < 4.78 is 15.5. The lowest BCUT2D eigenvalue weighted by atomic mass is 10.0. The van der Waals surface area contributed by atoms with Gasteiger partial charge in [0.1, 0.15) is 0 Å². The summed E-state index contributed by atoms with van der Waals surface area (Å²) in [5.74, 6) is -1.31. The van der Waals surface area contributed by atoms with Gasteiger partial charge < -0.3 is 14.6 Å². The molecule has 1 heterocycles. The summed E-state index contributed by atoms with van der Waals surface area (Å²) in [5.41, 5.74) is 2.85. The molecule has 2 aromatic carbocycles. The van der Waals surface area contributed by atoms with Gasteiger partial charge in [-0.1, -0.05) is 29.3 Å². The van der Waals surface area contributed by atoms with E-state index in [2.05, 4.69) is 18.7 Å². The highest BCUT2D eigenvalue weighted by molar-refractivity contribution is 7.89. The zero-order valence-corrected chi connectivity index (χ0v) is 19.2. The van der Waals surface area contributed by atoms with Crippen molar-refractivity contribution in [2.75, 3.05) is 18.0 Å². The third-order valence-corrected chi connectivity index (χ3v) is 8.49. The van der Waals surface area contributed by atoms with Gasteiger partial charge in [0.2, 0.25) is 0 Å². The molecule has 1 aliphatic carbocycles. The number of hydrogen-bond donors (Lipinski definition) is 1. The Labute approximate surface area is 189 Å². The summed E-state index contributed by atoms with van der Waals surface area (Å²) in [6, 6.07) is 11.3. The summed E-state index contributed by atoms with van der Waals surface area (Å²) in [6.45, 7) is 5.53. The van der Waals surface area contributed by atoms with Crippen LogP contribution in [0, 0.1) is 0 Å². The predicted octanol–water partition coefficient (Wildman–Crippen LogP) is 4.73. The normalized spacial score (nSPS) is 25.2. The number of carboxylic acid groups (broad SMARTS) is 1. The van der Waals surface area contributed by atoms with Crippen molar-refractivity contribution < 1.29 is 14.5 Å². The first-order valence-electron chi connectivity index (χ1n) is 10.0. The Hall–Kier alpha value is -1.44. The van der Waals surface area contributed by atoms with Crippen LogP contribution in [0.25, 0.3) is 0 Å². The lowest BCUT2D eigenvalue weighted by molar-refractivity contribution is -0.138. The number of hydrogen-bond acceptors (Lipinski definition) is 4. The molecule has 2 aromatic rings. The molecule has 0 aromatic heterocycles. The first-order chi connectivity index (χ1) is 14.3. The van der Waals surface area contributed by atoms with Crippen molar-refractivity contribution in [1.29, 1.82) is 0 Å². The van der Waals surface area contributed by atoms with Gasteiger partial charge in [0.15, 0.2) is 4.90 Å². The van der Waals surface area contributed by atoms with Gasteiger partial charge in [-0.05, 0) is 68.1 Å². The smallest absolute Gasteiger partial charge is 0.310 e. The number of aliphatic carboxylic acids is 1. The lowest BCUT2D eigenvalue weighted by Crippen LogP contribution is -2.58. The second-order valence-corrected chi connectivity index (χ2v) is 10.3. The summed E-state index contributed by atoms with van der Waals surface area (Å²) in [5, 5.41) is 10.5. The number of halogens is 2. The highest BCUT2D eigenvalue weighted by Crippen LogP contribution is 2.37. The van der Waals surface area contributed by atoms with Crippen molar-refractivity contribution in [3.63, 3.8) is 0 Å². The van der Waals surface area contributed by atoms with E-state index in [0.29, 0.717) is 34.5 Å². The van der Waals surface area contributed by atoms with Gasteiger partial charge in [0.05, 0.1) is 39.4 Å². The van der Waals surface area contributed by atoms with Crippen LogP contribution in [0.3, 0.4) is 0 Å². The van der Waals surface area contributed by atoms with E-state index in [1.807, 2.05) is 34.6 Å². The van der Waals surface area contributed by atoms with Gasteiger partial charge in [-0.25, -0.2) is 0 Å². The van der Waals surface area contributed by atoms with Crippen LogP contribution in [-0.4, -0.2) is 45.1 Å². The van der Waals surface area contributed by atoms with E-state index in [1.165, 1.54) is 0 Å². The summed E-state index contributed by atoms with van der Waals surface area (Å²) in [7, 11) is 0. The maximum absolute atomic E-state index is 13.5. The molecule has 1 N–H and O–H groups in total. The van der Waals surface area contributed by atoms with Crippen molar-refractivity contribution >= 4 is 46.2 Å². The van der Waals surface area contributed by atoms with Gasteiger partial charge in [-0.3, -0.25) is 4.79 Å². The summed E-state index contributed by atoms with van der Waals surface area (Å²) in [4.78, 5) is 14.5. The van der Waals surface area contributed by atoms with Crippen LogP contribution >= 0.6 is 23.2 Å². The van der Waals surface area contributed by atoms with Crippen LogP contribution in [0.4, 0.5) is 5.69 Å². The Morgan fingerprint density at radius 2 is 1.80 bits per heavy atom. The van der Waals surface area contributed by atoms with E-state index in [4.69, 9.17) is 23.2 Å². The molecular weight excluding hydrogens is 443 g/mol. The van der Waals surface area contributed by atoms with Crippen LogP contribution < -0.4 is 4.90 Å². The number of anilines is 1. The molecule has 0 saturated carbocycles. The minimum absolute atomic E-state index is 0.0348. The molecule has 0 radical (unpaired) electrons. The zero-order valence-electron chi connectivity index (χ0n) is 16.8. The Bertz CT molecular complexity index is 961. The first kappa shape index (κ1) is 21.8. The van der Waals surface area contributed by atoms with E-state index in [0.717, 1.165) is 23.2 Å². The molecule has 1 fully saturated rings. The lowest BCUT2D eigenvalue weighted by Gasteiger charge is -2.43. The molecule has 0 amide bonds.